The quantitative estimate of drug-likeness (QED) is 0.863. The molecule has 2 atom stereocenters. The van der Waals surface area contributed by atoms with Crippen LogP contribution in [0.1, 0.15) is 37.7 Å². The molecule has 2 rings (SSSR count). The number of hydrogen-bond donors (Lipinski definition) is 2. The summed E-state index contributed by atoms with van der Waals surface area (Å²) in [5.41, 5.74) is 0.965. The van der Waals surface area contributed by atoms with Crippen LogP contribution in [-0.4, -0.2) is 29.5 Å². The van der Waals surface area contributed by atoms with Crippen LogP contribution in [0.4, 0.5) is 0 Å². The van der Waals surface area contributed by atoms with Crippen molar-refractivity contribution in [1.82, 2.24) is 0 Å². The van der Waals surface area contributed by atoms with Gasteiger partial charge in [0.1, 0.15) is 5.75 Å². The second kappa shape index (κ2) is 7.43. The first-order chi connectivity index (χ1) is 9.61. The van der Waals surface area contributed by atoms with Crippen molar-refractivity contribution < 1.29 is 14.9 Å². The van der Waals surface area contributed by atoms with Crippen LogP contribution in [0.25, 0.3) is 0 Å². The molecule has 2 N–H and O–H groups in total. The van der Waals surface area contributed by atoms with Crippen LogP contribution < -0.4 is 4.74 Å². The Kier molecular flexibility index (Phi) is 5.87. The minimum absolute atomic E-state index is 0.239. The fraction of sp³-hybridized carbons (Fsp3) is 0.625. The summed E-state index contributed by atoms with van der Waals surface area (Å²) in [7, 11) is 1.63. The molecule has 0 spiro atoms. The first kappa shape index (κ1) is 15.8. The minimum atomic E-state index is -0.721. The average Bonchev–Trinajstić information content (AvgIpc) is 2.49. The number of methoxy groups -OCH3 is 1. The summed E-state index contributed by atoms with van der Waals surface area (Å²) < 4.78 is 6.14. The molecule has 2 unspecified atom stereocenters. The first-order valence-electron chi connectivity index (χ1n) is 7.30. The number of aliphatic hydroxyl groups excluding tert-OH is 2. The van der Waals surface area contributed by atoms with Crippen LogP contribution >= 0.6 is 15.9 Å². The van der Waals surface area contributed by atoms with E-state index >= 15 is 0 Å². The number of rotatable bonds is 5. The molecule has 0 radical (unpaired) electrons. The maximum Gasteiger partial charge on any atom is 0.119 e. The molecule has 0 bridgehead atoms. The summed E-state index contributed by atoms with van der Waals surface area (Å²) in [4.78, 5) is 0. The van der Waals surface area contributed by atoms with Gasteiger partial charge in [-0.05, 0) is 42.5 Å². The van der Waals surface area contributed by atoms with Crippen molar-refractivity contribution in [1.29, 1.82) is 0 Å². The highest BCUT2D eigenvalue weighted by atomic mass is 79.9. The smallest absolute Gasteiger partial charge is 0.119 e. The van der Waals surface area contributed by atoms with E-state index in [1.54, 1.807) is 7.11 Å². The van der Waals surface area contributed by atoms with Crippen LogP contribution in [0, 0.1) is 5.92 Å². The summed E-state index contributed by atoms with van der Waals surface area (Å²) in [6.45, 7) is 0. The Balaban J connectivity index is 2.00. The largest absolute Gasteiger partial charge is 0.497 e. The zero-order chi connectivity index (χ0) is 14.5. The van der Waals surface area contributed by atoms with Crippen molar-refractivity contribution in [2.45, 2.75) is 50.7 Å². The van der Waals surface area contributed by atoms with Crippen LogP contribution in [0.15, 0.2) is 22.7 Å². The van der Waals surface area contributed by atoms with Crippen molar-refractivity contribution in [2.24, 2.45) is 5.92 Å². The Hall–Kier alpha value is -0.580. The van der Waals surface area contributed by atoms with Gasteiger partial charge in [-0.2, -0.15) is 0 Å². The predicted molar refractivity (Wildman–Crippen MR) is 83.0 cm³/mol. The summed E-state index contributed by atoms with van der Waals surface area (Å²) in [6, 6.07) is 5.69. The molecule has 1 saturated carbocycles. The fourth-order valence-electron chi connectivity index (χ4n) is 2.97. The van der Waals surface area contributed by atoms with E-state index in [1.165, 1.54) is 6.42 Å². The lowest BCUT2D eigenvalue weighted by atomic mass is 9.82. The van der Waals surface area contributed by atoms with Gasteiger partial charge in [0.05, 0.1) is 19.3 Å². The highest BCUT2D eigenvalue weighted by Gasteiger charge is 2.28. The second-order valence-corrected chi connectivity index (χ2v) is 6.47. The lowest BCUT2D eigenvalue weighted by molar-refractivity contribution is -0.0264. The molecule has 112 valence electrons. The van der Waals surface area contributed by atoms with Crippen molar-refractivity contribution in [3.05, 3.63) is 28.2 Å². The van der Waals surface area contributed by atoms with Gasteiger partial charge < -0.3 is 14.9 Å². The van der Waals surface area contributed by atoms with Gasteiger partial charge in [-0.15, -0.1) is 0 Å². The van der Waals surface area contributed by atoms with E-state index in [2.05, 4.69) is 15.9 Å². The van der Waals surface area contributed by atoms with Gasteiger partial charge in [0.2, 0.25) is 0 Å². The number of halogens is 1. The van der Waals surface area contributed by atoms with Gasteiger partial charge in [0.25, 0.3) is 0 Å². The normalized spacial score (nSPS) is 19.6. The number of aliphatic hydroxyl groups is 2. The third-order valence-electron chi connectivity index (χ3n) is 4.21. The zero-order valence-electron chi connectivity index (χ0n) is 11.9. The molecule has 3 nitrogen and oxygen atoms in total. The van der Waals surface area contributed by atoms with Gasteiger partial charge in [-0.25, -0.2) is 0 Å². The first-order valence-corrected chi connectivity index (χ1v) is 8.09. The molecular formula is C16H23BrO3. The van der Waals surface area contributed by atoms with Gasteiger partial charge in [-0.3, -0.25) is 0 Å². The molecule has 0 saturated heterocycles. The third-order valence-corrected chi connectivity index (χ3v) is 4.98. The predicted octanol–water partition coefficient (Wildman–Crippen LogP) is 3.30. The number of hydrogen-bond acceptors (Lipinski definition) is 3. The third kappa shape index (κ3) is 3.96. The van der Waals surface area contributed by atoms with E-state index in [1.807, 2.05) is 18.2 Å². The molecule has 0 heterocycles. The summed E-state index contributed by atoms with van der Waals surface area (Å²) in [5.74, 6) is 1.01. The monoisotopic (exact) mass is 342 g/mol. The Bertz CT molecular complexity index is 430. The standard InChI is InChI=1S/C16H23BrO3/c1-20-13-7-8-14(17)12(9-13)10-15(18)16(19)11-5-3-2-4-6-11/h7-9,11,15-16,18-19H,2-6,10H2,1H3. The summed E-state index contributed by atoms with van der Waals surface area (Å²) in [6.07, 6.45) is 4.72. The topological polar surface area (TPSA) is 49.7 Å². The molecule has 4 heteroatoms. The molecule has 0 aliphatic heterocycles. The van der Waals surface area contributed by atoms with Gasteiger partial charge >= 0.3 is 0 Å². The summed E-state index contributed by atoms with van der Waals surface area (Å²) in [5, 5.41) is 20.6. The lowest BCUT2D eigenvalue weighted by Crippen LogP contribution is -2.36. The molecule has 0 amide bonds. The van der Waals surface area contributed by atoms with Crippen molar-refractivity contribution in [3.63, 3.8) is 0 Å². The van der Waals surface area contributed by atoms with Crippen LogP contribution in [0.5, 0.6) is 5.75 Å². The Morgan fingerprint density at radius 2 is 1.95 bits per heavy atom. The summed E-state index contributed by atoms with van der Waals surface area (Å²) >= 11 is 3.48. The molecular weight excluding hydrogens is 320 g/mol. The highest BCUT2D eigenvalue weighted by Crippen LogP contribution is 2.30. The maximum absolute atomic E-state index is 10.3. The molecule has 1 fully saturated rings. The zero-order valence-corrected chi connectivity index (χ0v) is 13.5. The van der Waals surface area contributed by atoms with E-state index in [0.29, 0.717) is 6.42 Å². The molecule has 20 heavy (non-hydrogen) atoms. The number of benzene rings is 1. The van der Waals surface area contributed by atoms with Crippen LogP contribution in [-0.2, 0) is 6.42 Å². The van der Waals surface area contributed by atoms with E-state index < -0.39 is 12.2 Å². The lowest BCUT2D eigenvalue weighted by Gasteiger charge is -2.30. The van der Waals surface area contributed by atoms with E-state index in [4.69, 9.17) is 4.74 Å². The second-order valence-electron chi connectivity index (χ2n) is 5.62. The molecule has 1 aromatic carbocycles. The van der Waals surface area contributed by atoms with Gasteiger partial charge in [-0.1, -0.05) is 35.2 Å². The van der Waals surface area contributed by atoms with E-state index in [-0.39, 0.29) is 5.92 Å². The molecule has 1 aromatic rings. The molecule has 0 aromatic heterocycles. The molecule has 1 aliphatic rings. The maximum atomic E-state index is 10.3. The van der Waals surface area contributed by atoms with Crippen LogP contribution in [0.3, 0.4) is 0 Å². The van der Waals surface area contributed by atoms with E-state index in [9.17, 15) is 10.2 Å². The average molecular weight is 343 g/mol. The van der Waals surface area contributed by atoms with E-state index in [0.717, 1.165) is 41.5 Å². The Morgan fingerprint density at radius 1 is 1.25 bits per heavy atom. The van der Waals surface area contributed by atoms with Crippen molar-refractivity contribution in [2.75, 3.05) is 7.11 Å². The number of ether oxygens (including phenoxy) is 1. The molecule has 1 aliphatic carbocycles. The Labute approximate surface area is 129 Å². The minimum Gasteiger partial charge on any atom is -0.497 e. The van der Waals surface area contributed by atoms with Crippen LogP contribution in [0.2, 0.25) is 0 Å². The van der Waals surface area contributed by atoms with Gasteiger partial charge in [0, 0.05) is 10.9 Å². The van der Waals surface area contributed by atoms with Crippen molar-refractivity contribution >= 4 is 15.9 Å². The van der Waals surface area contributed by atoms with Crippen molar-refractivity contribution in [3.8, 4) is 5.75 Å². The fourth-order valence-corrected chi connectivity index (χ4v) is 3.38. The SMILES string of the molecule is COc1ccc(Br)c(CC(O)C(O)C2CCCCC2)c1. The Morgan fingerprint density at radius 3 is 2.60 bits per heavy atom. The highest BCUT2D eigenvalue weighted by molar-refractivity contribution is 9.10. The van der Waals surface area contributed by atoms with Gasteiger partial charge in [0.15, 0.2) is 0 Å².